The molecular formula is C20H20N2O3. The number of amides is 1. The summed E-state index contributed by atoms with van der Waals surface area (Å²) in [6.45, 7) is 0. The summed E-state index contributed by atoms with van der Waals surface area (Å²) in [4.78, 5) is 30.2. The Balaban J connectivity index is 1.74. The first-order valence-electron chi connectivity index (χ1n) is 8.85. The highest BCUT2D eigenvalue weighted by Crippen LogP contribution is 2.54. The van der Waals surface area contributed by atoms with Gasteiger partial charge in [-0.15, -0.1) is 0 Å². The maximum atomic E-state index is 13.4. The van der Waals surface area contributed by atoms with Gasteiger partial charge in [-0.1, -0.05) is 24.3 Å². The molecule has 4 atom stereocenters. The third kappa shape index (κ3) is 1.76. The van der Waals surface area contributed by atoms with Gasteiger partial charge < -0.3 is 14.5 Å². The van der Waals surface area contributed by atoms with Crippen LogP contribution >= 0.6 is 0 Å². The number of hydrogen-bond acceptors (Lipinski definition) is 4. The molecule has 128 valence electrons. The van der Waals surface area contributed by atoms with Crippen LogP contribution in [0.1, 0.15) is 24.8 Å². The fourth-order valence-corrected chi connectivity index (χ4v) is 4.97. The highest BCUT2D eigenvalue weighted by atomic mass is 16.5. The van der Waals surface area contributed by atoms with Gasteiger partial charge in [0.05, 0.1) is 11.6 Å². The second kappa shape index (κ2) is 5.05. The molecule has 1 aliphatic carbocycles. The van der Waals surface area contributed by atoms with Crippen molar-refractivity contribution in [2.45, 2.75) is 37.1 Å². The van der Waals surface area contributed by atoms with Gasteiger partial charge in [0.15, 0.2) is 11.8 Å². The highest BCUT2D eigenvalue weighted by Gasteiger charge is 2.65. The molecule has 0 N–H and O–H groups in total. The first kappa shape index (κ1) is 14.9. The lowest BCUT2D eigenvalue weighted by Gasteiger charge is -2.54. The Kier molecular flexibility index (Phi) is 3.01. The second-order valence-electron chi connectivity index (χ2n) is 7.20. The number of ether oxygens (including phenoxy) is 1. The Morgan fingerprint density at radius 3 is 2.92 bits per heavy atom. The number of Topliss-reactive ketones (excluding diaryl/α,β-unsaturated/α-hetero) is 1. The summed E-state index contributed by atoms with van der Waals surface area (Å²) in [6, 6.07) is 7.69. The van der Waals surface area contributed by atoms with E-state index in [-0.39, 0.29) is 24.0 Å². The van der Waals surface area contributed by atoms with E-state index >= 15 is 0 Å². The fourth-order valence-electron chi connectivity index (χ4n) is 4.97. The minimum absolute atomic E-state index is 0.00953. The molecule has 4 aliphatic rings. The molecule has 1 spiro atoms. The van der Waals surface area contributed by atoms with E-state index in [1.54, 1.807) is 11.9 Å². The van der Waals surface area contributed by atoms with Gasteiger partial charge in [-0.2, -0.15) is 0 Å². The van der Waals surface area contributed by atoms with Crippen LogP contribution in [0.5, 0.6) is 0 Å². The zero-order chi connectivity index (χ0) is 17.2. The number of carbonyl (C=O) groups is 2. The van der Waals surface area contributed by atoms with E-state index in [0.29, 0.717) is 6.42 Å². The number of likely N-dealkylation sites (N-methyl/N-ethyl adjacent to an activating group) is 1. The van der Waals surface area contributed by atoms with Gasteiger partial charge >= 0.3 is 0 Å². The van der Waals surface area contributed by atoms with Crippen LogP contribution in [0, 0.1) is 5.92 Å². The maximum Gasteiger partial charge on any atom is 0.264 e. The highest BCUT2D eigenvalue weighted by molar-refractivity contribution is 6.10. The number of carbonyl (C=O) groups excluding carboxylic acids is 2. The van der Waals surface area contributed by atoms with Gasteiger partial charge in [0.25, 0.3) is 5.91 Å². The van der Waals surface area contributed by atoms with Gasteiger partial charge in [0.2, 0.25) is 0 Å². The molecule has 1 aromatic carbocycles. The SMILES string of the molecule is CN1C(=O)[C@@]2(O[C@H]3C=CC=CN3C3CCCC(=O)C32)c2ccccc21. The quantitative estimate of drug-likeness (QED) is 0.730. The minimum Gasteiger partial charge on any atom is -0.345 e. The summed E-state index contributed by atoms with van der Waals surface area (Å²) in [5.74, 6) is -0.454. The summed E-state index contributed by atoms with van der Waals surface area (Å²) in [6.07, 6.45) is 9.82. The number of anilines is 1. The van der Waals surface area contributed by atoms with Crippen LogP contribution in [0.4, 0.5) is 5.69 Å². The third-order valence-corrected chi connectivity index (χ3v) is 6.01. The Hall–Kier alpha value is -2.40. The fraction of sp³-hybridized carbons (Fsp3) is 0.400. The normalized spacial score (nSPS) is 35.8. The van der Waals surface area contributed by atoms with Crippen LogP contribution in [-0.4, -0.2) is 35.9 Å². The number of hydrogen-bond donors (Lipinski definition) is 0. The van der Waals surface area contributed by atoms with E-state index in [9.17, 15) is 9.59 Å². The van der Waals surface area contributed by atoms with Crippen molar-refractivity contribution in [3.05, 3.63) is 54.3 Å². The Morgan fingerprint density at radius 1 is 1.20 bits per heavy atom. The number of ketones is 1. The van der Waals surface area contributed by atoms with Crippen LogP contribution in [-0.2, 0) is 19.9 Å². The second-order valence-corrected chi connectivity index (χ2v) is 7.20. The number of rotatable bonds is 0. The molecule has 3 aliphatic heterocycles. The summed E-state index contributed by atoms with van der Waals surface area (Å²) in [7, 11) is 1.77. The smallest absolute Gasteiger partial charge is 0.264 e. The molecule has 1 aromatic rings. The largest absolute Gasteiger partial charge is 0.345 e. The molecule has 5 heteroatoms. The predicted octanol–water partition coefficient (Wildman–Crippen LogP) is 2.34. The Bertz CT molecular complexity index is 830. The van der Waals surface area contributed by atoms with Crippen LogP contribution in [0.15, 0.2) is 48.7 Å². The monoisotopic (exact) mass is 336 g/mol. The van der Waals surface area contributed by atoms with Crippen molar-refractivity contribution in [2.75, 3.05) is 11.9 Å². The Labute approximate surface area is 146 Å². The van der Waals surface area contributed by atoms with Crippen molar-refractivity contribution < 1.29 is 14.3 Å². The lowest BCUT2D eigenvalue weighted by Crippen LogP contribution is -2.66. The minimum atomic E-state index is -1.20. The molecule has 2 fully saturated rings. The maximum absolute atomic E-state index is 13.4. The molecule has 1 saturated carbocycles. The molecule has 5 nitrogen and oxygen atoms in total. The first-order valence-corrected chi connectivity index (χ1v) is 8.85. The Morgan fingerprint density at radius 2 is 2.04 bits per heavy atom. The molecule has 5 rings (SSSR count). The number of nitrogens with zero attached hydrogens (tertiary/aromatic N) is 2. The summed E-state index contributed by atoms with van der Waals surface area (Å²) >= 11 is 0. The number of para-hydroxylation sites is 1. The number of allylic oxidation sites excluding steroid dienone is 2. The molecule has 0 radical (unpaired) electrons. The van der Waals surface area contributed by atoms with E-state index in [0.717, 1.165) is 24.1 Å². The summed E-state index contributed by atoms with van der Waals surface area (Å²) in [5.41, 5.74) is 0.466. The lowest BCUT2D eigenvalue weighted by atomic mass is 9.68. The molecule has 25 heavy (non-hydrogen) atoms. The zero-order valence-corrected chi connectivity index (χ0v) is 14.1. The zero-order valence-electron chi connectivity index (χ0n) is 14.1. The van der Waals surface area contributed by atoms with E-state index < -0.39 is 11.5 Å². The molecule has 3 heterocycles. The first-order chi connectivity index (χ1) is 12.1. The van der Waals surface area contributed by atoms with E-state index in [2.05, 4.69) is 4.90 Å². The van der Waals surface area contributed by atoms with E-state index in [4.69, 9.17) is 4.74 Å². The lowest BCUT2D eigenvalue weighted by molar-refractivity contribution is -0.220. The van der Waals surface area contributed by atoms with Gasteiger partial charge in [-0.3, -0.25) is 9.59 Å². The van der Waals surface area contributed by atoms with Crippen molar-refractivity contribution in [1.29, 1.82) is 0 Å². The molecule has 0 aromatic heterocycles. The summed E-state index contributed by atoms with van der Waals surface area (Å²) < 4.78 is 6.46. The molecular weight excluding hydrogens is 316 g/mol. The van der Waals surface area contributed by atoms with Gasteiger partial charge in [0.1, 0.15) is 5.78 Å². The number of benzene rings is 1. The molecule has 1 saturated heterocycles. The van der Waals surface area contributed by atoms with Crippen molar-refractivity contribution in [3.63, 3.8) is 0 Å². The standard InChI is InChI=1S/C20H20N2O3/c1-21-14-8-3-2-7-13(14)20(19(21)24)18-15(9-6-10-16(18)23)22-12-5-4-11-17(22)25-20/h2-5,7-8,11-12,15,17-18H,6,9-10H2,1H3/t15?,17-,18?,20+/m0/s1. The molecule has 0 bridgehead atoms. The van der Waals surface area contributed by atoms with Gasteiger partial charge in [0, 0.05) is 31.3 Å². The molecule has 2 unspecified atom stereocenters. The molecule has 1 amide bonds. The summed E-state index contributed by atoms with van der Waals surface area (Å²) in [5, 5.41) is 0. The average molecular weight is 336 g/mol. The van der Waals surface area contributed by atoms with E-state index in [1.807, 2.05) is 48.7 Å². The van der Waals surface area contributed by atoms with Crippen molar-refractivity contribution >= 4 is 17.4 Å². The van der Waals surface area contributed by atoms with E-state index in [1.165, 1.54) is 0 Å². The third-order valence-electron chi connectivity index (χ3n) is 6.01. The van der Waals surface area contributed by atoms with Crippen molar-refractivity contribution in [2.24, 2.45) is 5.92 Å². The van der Waals surface area contributed by atoms with Gasteiger partial charge in [-0.05, 0) is 31.1 Å². The number of fused-ring (bicyclic) bond motifs is 6. The van der Waals surface area contributed by atoms with Gasteiger partial charge in [-0.25, -0.2) is 0 Å². The average Bonchev–Trinajstić information content (AvgIpc) is 2.85. The van der Waals surface area contributed by atoms with Crippen LogP contribution in [0.2, 0.25) is 0 Å². The van der Waals surface area contributed by atoms with Crippen LogP contribution in [0.3, 0.4) is 0 Å². The predicted molar refractivity (Wildman–Crippen MR) is 92.7 cm³/mol. The van der Waals surface area contributed by atoms with Crippen LogP contribution in [0.25, 0.3) is 0 Å². The topological polar surface area (TPSA) is 49.9 Å². The van der Waals surface area contributed by atoms with Crippen molar-refractivity contribution in [3.8, 4) is 0 Å². The van der Waals surface area contributed by atoms with Crippen molar-refractivity contribution in [1.82, 2.24) is 4.90 Å². The van der Waals surface area contributed by atoms with Crippen LogP contribution < -0.4 is 4.90 Å².